The first-order valence-corrected chi connectivity index (χ1v) is 12.0. The second-order valence-corrected chi connectivity index (χ2v) is 8.85. The zero-order valence-corrected chi connectivity index (χ0v) is 21.4. The lowest BCUT2D eigenvalue weighted by Crippen LogP contribution is -2.20. The molecule has 2 aromatic heterocycles. The standard InChI is InChI=1S/C28H18F6N6O2/c1-15-10-17(30)12-19(11-15)38-27-35-9-8-24(39-27)42-23-7-4-18(13-22(23)31)37-26(41)21-14-36-40(25(21)28(32,33)34)20-5-2-16(29)3-6-20/h2-14H,1H3,(H,37,41)(H,35,38,39). The van der Waals surface area contributed by atoms with Crippen LogP contribution in [0, 0.1) is 24.4 Å². The summed E-state index contributed by atoms with van der Waals surface area (Å²) >= 11 is 0. The summed E-state index contributed by atoms with van der Waals surface area (Å²) in [5.74, 6) is -3.62. The van der Waals surface area contributed by atoms with Crippen molar-refractivity contribution < 1.29 is 35.9 Å². The summed E-state index contributed by atoms with van der Waals surface area (Å²) in [6, 6.07) is 12.8. The number of hydrogen-bond acceptors (Lipinski definition) is 6. The number of amides is 1. The summed E-state index contributed by atoms with van der Waals surface area (Å²) in [7, 11) is 0. The molecule has 0 unspecified atom stereocenters. The van der Waals surface area contributed by atoms with Crippen LogP contribution in [0.1, 0.15) is 21.6 Å². The quantitative estimate of drug-likeness (QED) is 0.197. The minimum Gasteiger partial charge on any atom is -0.436 e. The molecular formula is C28H18F6N6O2. The molecule has 3 aromatic carbocycles. The average molecular weight is 584 g/mol. The van der Waals surface area contributed by atoms with Crippen LogP contribution in [0.5, 0.6) is 11.6 Å². The van der Waals surface area contributed by atoms with E-state index in [1.165, 1.54) is 30.5 Å². The minimum absolute atomic E-state index is 0.0449. The largest absolute Gasteiger partial charge is 0.436 e. The second-order valence-electron chi connectivity index (χ2n) is 8.85. The number of hydrogen-bond donors (Lipinski definition) is 2. The third-order valence-electron chi connectivity index (χ3n) is 5.69. The summed E-state index contributed by atoms with van der Waals surface area (Å²) in [4.78, 5) is 20.9. The molecular weight excluding hydrogens is 566 g/mol. The van der Waals surface area contributed by atoms with Gasteiger partial charge in [-0.2, -0.15) is 23.3 Å². The molecule has 0 aliphatic heterocycles. The molecule has 42 heavy (non-hydrogen) atoms. The van der Waals surface area contributed by atoms with Crippen molar-refractivity contribution in [2.24, 2.45) is 0 Å². The van der Waals surface area contributed by atoms with E-state index in [1.807, 2.05) is 0 Å². The molecule has 214 valence electrons. The normalized spacial score (nSPS) is 11.3. The number of nitrogens with one attached hydrogen (secondary N) is 2. The van der Waals surface area contributed by atoms with Crippen LogP contribution in [0.15, 0.2) is 79.1 Å². The van der Waals surface area contributed by atoms with Crippen LogP contribution in [-0.4, -0.2) is 25.7 Å². The molecule has 0 bridgehead atoms. The molecule has 0 aliphatic rings. The topological polar surface area (TPSA) is 94.0 Å². The van der Waals surface area contributed by atoms with Crippen LogP contribution in [0.2, 0.25) is 0 Å². The van der Waals surface area contributed by atoms with E-state index in [1.54, 1.807) is 13.0 Å². The maximum absolute atomic E-state index is 14.8. The molecule has 0 saturated carbocycles. The van der Waals surface area contributed by atoms with Crippen LogP contribution >= 0.6 is 0 Å². The lowest BCUT2D eigenvalue weighted by atomic mass is 10.2. The van der Waals surface area contributed by atoms with Crippen molar-refractivity contribution in [3.8, 4) is 17.3 Å². The number of benzene rings is 3. The maximum atomic E-state index is 14.8. The van der Waals surface area contributed by atoms with E-state index in [0.717, 1.165) is 36.4 Å². The highest BCUT2D eigenvalue weighted by atomic mass is 19.4. The van der Waals surface area contributed by atoms with Gasteiger partial charge in [0, 0.05) is 29.7 Å². The van der Waals surface area contributed by atoms with Gasteiger partial charge >= 0.3 is 6.18 Å². The highest BCUT2D eigenvalue weighted by Gasteiger charge is 2.40. The van der Waals surface area contributed by atoms with Gasteiger partial charge in [0.2, 0.25) is 11.8 Å². The van der Waals surface area contributed by atoms with Crippen molar-refractivity contribution in [3.05, 3.63) is 113 Å². The number of aryl methyl sites for hydroxylation is 1. The van der Waals surface area contributed by atoms with Gasteiger partial charge in [-0.3, -0.25) is 4.79 Å². The lowest BCUT2D eigenvalue weighted by molar-refractivity contribution is -0.143. The Morgan fingerprint density at radius 2 is 1.67 bits per heavy atom. The molecule has 0 fully saturated rings. The Morgan fingerprint density at radius 3 is 2.36 bits per heavy atom. The molecule has 0 spiro atoms. The van der Waals surface area contributed by atoms with Crippen LogP contribution in [-0.2, 0) is 6.18 Å². The zero-order valence-electron chi connectivity index (χ0n) is 21.4. The number of carbonyl (C=O) groups is 1. The molecule has 2 heterocycles. The molecule has 5 rings (SSSR count). The Kier molecular flexibility index (Phi) is 7.53. The lowest BCUT2D eigenvalue weighted by Gasteiger charge is -2.13. The maximum Gasteiger partial charge on any atom is 0.434 e. The van der Waals surface area contributed by atoms with Gasteiger partial charge in [0.15, 0.2) is 17.3 Å². The first-order valence-electron chi connectivity index (χ1n) is 12.0. The Balaban J connectivity index is 1.32. The predicted molar refractivity (Wildman–Crippen MR) is 139 cm³/mol. The fourth-order valence-corrected chi connectivity index (χ4v) is 3.93. The molecule has 2 N–H and O–H groups in total. The summed E-state index contributed by atoms with van der Waals surface area (Å²) in [5.41, 5.74) is -1.47. The summed E-state index contributed by atoms with van der Waals surface area (Å²) in [5, 5.41) is 8.67. The van der Waals surface area contributed by atoms with E-state index in [9.17, 15) is 31.1 Å². The second kappa shape index (κ2) is 11.2. The molecule has 0 saturated heterocycles. The van der Waals surface area contributed by atoms with Gasteiger partial charge < -0.3 is 15.4 Å². The summed E-state index contributed by atoms with van der Waals surface area (Å²) in [6.45, 7) is 1.71. The fourth-order valence-electron chi connectivity index (χ4n) is 3.93. The number of carbonyl (C=O) groups excluding carboxylic acids is 1. The molecule has 0 aliphatic carbocycles. The number of anilines is 3. The average Bonchev–Trinajstić information content (AvgIpc) is 3.37. The van der Waals surface area contributed by atoms with E-state index < -0.39 is 40.8 Å². The highest BCUT2D eigenvalue weighted by molar-refractivity contribution is 6.05. The Bertz CT molecular complexity index is 1750. The van der Waals surface area contributed by atoms with Crippen LogP contribution in [0.4, 0.5) is 43.7 Å². The van der Waals surface area contributed by atoms with Gasteiger partial charge in [-0.15, -0.1) is 0 Å². The third-order valence-corrected chi connectivity index (χ3v) is 5.69. The minimum atomic E-state index is -5.00. The predicted octanol–water partition coefficient (Wildman–Crippen LogP) is 7.20. The number of halogens is 6. The number of aromatic nitrogens is 4. The van der Waals surface area contributed by atoms with Gasteiger partial charge in [-0.25, -0.2) is 22.8 Å². The first-order chi connectivity index (χ1) is 20.0. The van der Waals surface area contributed by atoms with Gasteiger partial charge in [0.25, 0.3) is 5.91 Å². The van der Waals surface area contributed by atoms with Crippen LogP contribution in [0.3, 0.4) is 0 Å². The Labute approximate surface area is 233 Å². The van der Waals surface area contributed by atoms with Crippen LogP contribution in [0.25, 0.3) is 5.69 Å². The molecule has 0 atom stereocenters. The van der Waals surface area contributed by atoms with E-state index in [4.69, 9.17) is 4.74 Å². The molecule has 0 radical (unpaired) electrons. The van der Waals surface area contributed by atoms with Gasteiger partial charge in [0.1, 0.15) is 11.6 Å². The SMILES string of the molecule is Cc1cc(F)cc(Nc2nccc(Oc3ccc(NC(=O)c4cnn(-c5ccc(F)cc5)c4C(F)(F)F)cc3F)n2)c1. The van der Waals surface area contributed by atoms with E-state index in [0.29, 0.717) is 22.1 Å². The summed E-state index contributed by atoms with van der Waals surface area (Å²) < 4.78 is 89.4. The number of rotatable bonds is 7. The molecule has 1 amide bonds. The molecule has 5 aromatic rings. The van der Waals surface area contributed by atoms with Gasteiger partial charge in [-0.05, 0) is 67.1 Å². The number of nitrogens with zero attached hydrogens (tertiary/aromatic N) is 4. The van der Waals surface area contributed by atoms with Crippen molar-refractivity contribution >= 4 is 23.2 Å². The van der Waals surface area contributed by atoms with Crippen molar-refractivity contribution in [3.63, 3.8) is 0 Å². The van der Waals surface area contributed by atoms with Crippen LogP contribution < -0.4 is 15.4 Å². The van der Waals surface area contributed by atoms with Crippen molar-refractivity contribution in [1.29, 1.82) is 0 Å². The van der Waals surface area contributed by atoms with E-state index >= 15 is 0 Å². The zero-order chi connectivity index (χ0) is 30.0. The van der Waals surface area contributed by atoms with Crippen molar-refractivity contribution in [1.82, 2.24) is 19.7 Å². The van der Waals surface area contributed by atoms with E-state index in [-0.39, 0.29) is 29.0 Å². The number of alkyl halides is 3. The monoisotopic (exact) mass is 584 g/mol. The Hall–Kier alpha value is -5.40. The smallest absolute Gasteiger partial charge is 0.434 e. The summed E-state index contributed by atoms with van der Waals surface area (Å²) in [6.07, 6.45) is -2.96. The Morgan fingerprint density at radius 1 is 0.905 bits per heavy atom. The van der Waals surface area contributed by atoms with E-state index in [2.05, 4.69) is 25.7 Å². The molecule has 14 heteroatoms. The van der Waals surface area contributed by atoms with Crippen molar-refractivity contribution in [2.75, 3.05) is 10.6 Å². The molecule has 8 nitrogen and oxygen atoms in total. The van der Waals surface area contributed by atoms with Gasteiger partial charge in [-0.1, -0.05) is 0 Å². The third kappa shape index (κ3) is 6.32. The number of ether oxygens (including phenoxy) is 1. The fraction of sp³-hybridized carbons (Fsp3) is 0.0714. The highest BCUT2D eigenvalue weighted by Crippen LogP contribution is 2.34. The first kappa shape index (κ1) is 28.1. The van der Waals surface area contributed by atoms with Crippen molar-refractivity contribution in [2.45, 2.75) is 13.1 Å². The van der Waals surface area contributed by atoms with Gasteiger partial charge in [0.05, 0.1) is 17.4 Å².